The predicted octanol–water partition coefficient (Wildman–Crippen LogP) is 4.76. The maximum absolute atomic E-state index is 4.57. The lowest BCUT2D eigenvalue weighted by Gasteiger charge is -2.37. The smallest absolute Gasteiger partial charge is 0.126 e. The van der Waals surface area contributed by atoms with Gasteiger partial charge in [0.25, 0.3) is 0 Å². The Morgan fingerprint density at radius 3 is 2.76 bits per heavy atom. The topological polar surface area (TPSA) is 64.6 Å². The first kappa shape index (κ1) is 27.1. The molecule has 6 heteroatoms. The van der Waals surface area contributed by atoms with E-state index in [-0.39, 0.29) is 0 Å². The highest BCUT2D eigenvalue weighted by Crippen LogP contribution is 2.13. The Morgan fingerprint density at radius 1 is 1.21 bits per heavy atom. The number of allylic oxidation sites excluding steroid dienone is 2. The maximum atomic E-state index is 4.57. The molecule has 3 heterocycles. The zero-order chi connectivity index (χ0) is 24.1. The summed E-state index contributed by atoms with van der Waals surface area (Å²) in [7, 11) is 0. The molecule has 1 fully saturated rings. The van der Waals surface area contributed by atoms with Crippen molar-refractivity contribution in [2.24, 2.45) is 10.9 Å². The van der Waals surface area contributed by atoms with Gasteiger partial charge in [-0.05, 0) is 56.9 Å². The van der Waals surface area contributed by atoms with Crippen LogP contribution in [0.5, 0.6) is 0 Å². The van der Waals surface area contributed by atoms with Gasteiger partial charge in [0.05, 0.1) is 0 Å². The van der Waals surface area contributed by atoms with Crippen LogP contribution in [-0.4, -0.2) is 60.5 Å². The zero-order valence-electron chi connectivity index (χ0n) is 21.7. The fourth-order valence-electron chi connectivity index (χ4n) is 3.96. The van der Waals surface area contributed by atoms with Gasteiger partial charge in [-0.15, -0.1) is 0 Å². The molecule has 2 aliphatic heterocycles. The Labute approximate surface area is 202 Å². The number of hydrogen-bond donors (Lipinski definition) is 3. The standard InChI is InChI=1S/C14H23N3.C13H23N3/c1-11(2)13-10-17(9-8-15-13)14-5-4-12(3)6-7-16-14;1-4-5-12(3)14-8-9-16-13-10-11(2)6-7-15-13/h4,6-7,11,13,15H,5,8-10H2,1-3H3;6-7,10,12,14H,4-5,8-9H2,1-3H3,(H,15,16). The van der Waals surface area contributed by atoms with E-state index in [2.05, 4.69) is 90.6 Å². The summed E-state index contributed by atoms with van der Waals surface area (Å²) in [4.78, 5) is 11.3. The van der Waals surface area contributed by atoms with Crippen molar-refractivity contribution in [3.63, 3.8) is 0 Å². The van der Waals surface area contributed by atoms with Crippen molar-refractivity contribution in [3.8, 4) is 0 Å². The summed E-state index contributed by atoms with van der Waals surface area (Å²) in [6.45, 7) is 18.3. The molecule has 0 saturated carbocycles. The van der Waals surface area contributed by atoms with E-state index >= 15 is 0 Å². The molecule has 1 aromatic rings. The number of nitrogens with zero attached hydrogens (tertiary/aromatic N) is 3. The van der Waals surface area contributed by atoms with E-state index in [0.717, 1.165) is 45.0 Å². The van der Waals surface area contributed by atoms with Crippen LogP contribution in [0.15, 0.2) is 47.2 Å². The van der Waals surface area contributed by atoms with Gasteiger partial charge in [0.15, 0.2) is 0 Å². The van der Waals surface area contributed by atoms with Gasteiger partial charge in [0.2, 0.25) is 0 Å². The van der Waals surface area contributed by atoms with Crippen LogP contribution in [0.2, 0.25) is 0 Å². The first-order valence-electron chi connectivity index (χ1n) is 12.7. The molecule has 2 unspecified atom stereocenters. The molecule has 6 nitrogen and oxygen atoms in total. The molecule has 0 aliphatic carbocycles. The van der Waals surface area contributed by atoms with E-state index < -0.39 is 0 Å². The normalized spacial score (nSPS) is 19.2. The molecule has 0 aromatic carbocycles. The number of hydrogen-bond acceptors (Lipinski definition) is 6. The Kier molecular flexibility index (Phi) is 12.2. The van der Waals surface area contributed by atoms with E-state index in [4.69, 9.17) is 0 Å². The van der Waals surface area contributed by atoms with Crippen LogP contribution in [0.25, 0.3) is 0 Å². The number of piperazine rings is 1. The molecule has 1 aromatic heterocycles. The lowest BCUT2D eigenvalue weighted by molar-refractivity contribution is 0.247. The number of aliphatic imine (C=N–C) groups is 1. The molecular weight excluding hydrogens is 408 g/mol. The van der Waals surface area contributed by atoms with Gasteiger partial charge in [-0.2, -0.15) is 0 Å². The zero-order valence-corrected chi connectivity index (χ0v) is 21.7. The Morgan fingerprint density at radius 2 is 2.03 bits per heavy atom. The highest BCUT2D eigenvalue weighted by atomic mass is 15.2. The summed E-state index contributed by atoms with van der Waals surface area (Å²) in [6, 6.07) is 5.27. The number of rotatable bonds is 8. The van der Waals surface area contributed by atoms with Gasteiger partial charge in [0, 0.05) is 63.6 Å². The molecule has 0 amide bonds. The maximum Gasteiger partial charge on any atom is 0.126 e. The molecule has 184 valence electrons. The van der Waals surface area contributed by atoms with Crippen LogP contribution >= 0.6 is 0 Å². The second kappa shape index (κ2) is 14.9. The molecular formula is C27H46N6. The summed E-state index contributed by atoms with van der Waals surface area (Å²) in [5, 5.41) is 10.4. The minimum Gasteiger partial charge on any atom is -0.369 e. The molecule has 33 heavy (non-hydrogen) atoms. The average molecular weight is 455 g/mol. The van der Waals surface area contributed by atoms with Crippen LogP contribution < -0.4 is 16.0 Å². The van der Waals surface area contributed by atoms with Crippen LogP contribution in [0.1, 0.15) is 59.4 Å². The van der Waals surface area contributed by atoms with Crippen molar-refractivity contribution in [2.45, 2.75) is 72.9 Å². The predicted molar refractivity (Wildman–Crippen MR) is 143 cm³/mol. The molecule has 0 radical (unpaired) electrons. The third-order valence-electron chi connectivity index (χ3n) is 6.10. The highest BCUT2D eigenvalue weighted by Gasteiger charge is 2.23. The van der Waals surface area contributed by atoms with Crippen LogP contribution in [-0.2, 0) is 0 Å². The summed E-state index contributed by atoms with van der Waals surface area (Å²) in [5.74, 6) is 2.85. The van der Waals surface area contributed by atoms with E-state index in [1.807, 2.05) is 18.5 Å². The Balaban J connectivity index is 0.000000234. The second-order valence-electron chi connectivity index (χ2n) is 9.55. The summed E-state index contributed by atoms with van der Waals surface area (Å²) < 4.78 is 0. The van der Waals surface area contributed by atoms with Crippen molar-refractivity contribution in [1.29, 1.82) is 0 Å². The van der Waals surface area contributed by atoms with Crippen LogP contribution in [0.4, 0.5) is 5.82 Å². The summed E-state index contributed by atoms with van der Waals surface area (Å²) >= 11 is 0. The van der Waals surface area contributed by atoms with Crippen molar-refractivity contribution in [2.75, 3.05) is 38.0 Å². The van der Waals surface area contributed by atoms with Crippen molar-refractivity contribution in [3.05, 3.63) is 47.8 Å². The lowest BCUT2D eigenvalue weighted by atomic mass is 10.0. The van der Waals surface area contributed by atoms with Gasteiger partial charge in [0.1, 0.15) is 11.7 Å². The third kappa shape index (κ3) is 10.5. The average Bonchev–Trinajstić information content (AvgIpc) is 3.02. The fourth-order valence-corrected chi connectivity index (χ4v) is 3.96. The highest BCUT2D eigenvalue weighted by molar-refractivity contribution is 5.85. The van der Waals surface area contributed by atoms with E-state index in [1.54, 1.807) is 0 Å². The SMILES string of the molecule is CC1=CCC(N2CCNC(C(C)C)C2)=NC=C1.CCCC(C)NCCNc1cc(C)ccn1. The number of amidine groups is 1. The van der Waals surface area contributed by atoms with Crippen LogP contribution in [0, 0.1) is 12.8 Å². The van der Waals surface area contributed by atoms with E-state index in [1.165, 1.54) is 29.8 Å². The number of anilines is 1. The summed E-state index contributed by atoms with van der Waals surface area (Å²) in [5.41, 5.74) is 2.55. The van der Waals surface area contributed by atoms with Crippen molar-refractivity contribution < 1.29 is 0 Å². The quantitative estimate of drug-likeness (QED) is 0.494. The first-order chi connectivity index (χ1) is 15.9. The number of aromatic nitrogens is 1. The van der Waals surface area contributed by atoms with E-state index in [9.17, 15) is 0 Å². The second-order valence-corrected chi connectivity index (χ2v) is 9.55. The molecule has 0 bridgehead atoms. The monoisotopic (exact) mass is 454 g/mol. The van der Waals surface area contributed by atoms with Crippen LogP contribution in [0.3, 0.4) is 0 Å². The van der Waals surface area contributed by atoms with Crippen molar-refractivity contribution in [1.82, 2.24) is 20.5 Å². The molecule has 3 rings (SSSR count). The Hall–Kier alpha value is -2.18. The fraction of sp³-hybridized carbons (Fsp3) is 0.630. The van der Waals surface area contributed by atoms with Gasteiger partial charge < -0.3 is 20.9 Å². The number of aryl methyl sites for hydroxylation is 1. The minimum atomic E-state index is 0.587. The summed E-state index contributed by atoms with van der Waals surface area (Å²) in [6.07, 6.45) is 11.5. The first-order valence-corrected chi connectivity index (χ1v) is 12.7. The number of nitrogens with one attached hydrogen (secondary N) is 3. The van der Waals surface area contributed by atoms with Gasteiger partial charge in [-0.1, -0.05) is 38.8 Å². The molecule has 2 aliphatic rings. The third-order valence-corrected chi connectivity index (χ3v) is 6.10. The minimum absolute atomic E-state index is 0.587. The largest absolute Gasteiger partial charge is 0.369 e. The molecule has 2 atom stereocenters. The molecule has 0 spiro atoms. The van der Waals surface area contributed by atoms with Gasteiger partial charge in [-0.25, -0.2) is 9.98 Å². The number of pyridine rings is 1. The molecule has 1 saturated heterocycles. The van der Waals surface area contributed by atoms with Crippen molar-refractivity contribution >= 4 is 11.7 Å². The van der Waals surface area contributed by atoms with Gasteiger partial charge >= 0.3 is 0 Å². The lowest BCUT2D eigenvalue weighted by Crippen LogP contribution is -2.54. The Bertz CT molecular complexity index is 780. The van der Waals surface area contributed by atoms with Gasteiger partial charge in [-0.3, -0.25) is 0 Å². The molecule has 3 N–H and O–H groups in total. The van der Waals surface area contributed by atoms with E-state index in [0.29, 0.717) is 18.0 Å².